The second-order valence-electron chi connectivity index (χ2n) is 3.22. The molecular weight excluding hydrogens is 147 g/mol. The van der Waals surface area contributed by atoms with Gasteiger partial charge in [0.15, 0.2) is 0 Å². The summed E-state index contributed by atoms with van der Waals surface area (Å²) in [5.41, 5.74) is 0. The maximum atomic E-state index is 10.6. The Bertz CT molecular complexity index is 102. The third-order valence-electron chi connectivity index (χ3n) is 1.88. The van der Waals surface area contributed by atoms with Crippen LogP contribution in [0.25, 0.3) is 0 Å². The molecule has 0 aliphatic carbocycles. The molecule has 0 saturated heterocycles. The summed E-state index contributed by atoms with van der Waals surface area (Å²) in [4.78, 5) is 10.6. The molecule has 1 nitrogen and oxygen atoms in total. The zero-order valence-corrected chi connectivity index (χ0v) is 9.86. The molecule has 60 valence electrons. The predicted molar refractivity (Wildman–Crippen MR) is 48.8 cm³/mol. The van der Waals surface area contributed by atoms with Crippen LogP contribution in [-0.4, -0.2) is 31.0 Å². The van der Waals surface area contributed by atoms with Crippen molar-refractivity contribution in [2.24, 2.45) is 0 Å². The quantitative estimate of drug-likeness (QED) is 0.417. The molecule has 0 radical (unpaired) electrons. The zero-order chi connectivity index (χ0) is 8.53. The Balaban J connectivity index is 2.85. The fourth-order valence-corrected chi connectivity index (χ4v) is 1.51. The molecule has 0 amide bonds. The van der Waals surface area contributed by atoms with E-state index in [0.717, 1.165) is 40.8 Å². The van der Waals surface area contributed by atoms with E-state index in [1.807, 2.05) is 0 Å². The average molecular weight is 164 g/mol. The number of hydrogen-bond donors (Lipinski definition) is 0. The number of rotatable bonds is 7. The molecule has 0 aliphatic rings. The molecule has 0 N–H and O–H groups in total. The molecule has 0 bridgehead atoms. The third-order valence-corrected chi connectivity index (χ3v) is 2.38. The van der Waals surface area contributed by atoms with Gasteiger partial charge in [-0.1, -0.05) is 0 Å². The molecule has 0 aromatic rings. The molecule has 0 saturated carbocycles. The monoisotopic (exact) mass is 164 g/mol. The summed E-state index contributed by atoms with van der Waals surface area (Å²) in [6.45, 7) is 2.22. The van der Waals surface area contributed by atoms with E-state index in [2.05, 4.69) is 6.92 Å². The fraction of sp³-hybridized carbons (Fsp3) is 0.889. The van der Waals surface area contributed by atoms with E-state index in [-0.39, 0.29) is 0 Å². The summed E-state index contributed by atoms with van der Waals surface area (Å²) in [5, 5.41) is 0. The van der Waals surface area contributed by atoms with Crippen LogP contribution < -0.4 is 0 Å². The van der Waals surface area contributed by atoms with E-state index in [0.29, 0.717) is 3.03 Å². The number of unbranched alkanes of at least 4 members (excludes halogenated alkanes) is 5. The first-order valence-electron chi connectivity index (χ1n) is 4.76. The standard InChI is InChI=1S/C9H17O.Na/c1-2-3-4-5-6-7-8-9-10;/h2-8H2,1H3;. The van der Waals surface area contributed by atoms with Crippen molar-refractivity contribution in [3.8, 4) is 0 Å². The predicted octanol–water partition coefficient (Wildman–Crippen LogP) is 2.43. The Morgan fingerprint density at radius 2 is 1.64 bits per heavy atom. The van der Waals surface area contributed by atoms with Gasteiger partial charge < -0.3 is 0 Å². The molecule has 0 aromatic heterocycles. The van der Waals surface area contributed by atoms with Gasteiger partial charge in [0.1, 0.15) is 0 Å². The molecule has 0 heterocycles. The molecule has 11 heavy (non-hydrogen) atoms. The fourth-order valence-electron chi connectivity index (χ4n) is 1.15. The van der Waals surface area contributed by atoms with E-state index in [4.69, 9.17) is 0 Å². The molecule has 0 aromatic carbocycles. The Labute approximate surface area is 87.4 Å². The molecule has 0 aliphatic heterocycles. The number of carbonyl (C=O) groups is 1. The van der Waals surface area contributed by atoms with Crippen LogP contribution in [0.3, 0.4) is 0 Å². The van der Waals surface area contributed by atoms with Crippen LogP contribution in [0.4, 0.5) is 0 Å². The van der Waals surface area contributed by atoms with Crippen LogP contribution in [0.5, 0.6) is 0 Å². The zero-order valence-electron chi connectivity index (χ0n) is 7.86. The van der Waals surface area contributed by atoms with Crippen LogP contribution in [0.15, 0.2) is 0 Å². The van der Waals surface area contributed by atoms with Crippen molar-refractivity contribution in [1.29, 1.82) is 0 Å². The minimum absolute atomic E-state index is 0.473. The molecule has 0 spiro atoms. The average Bonchev–Trinajstić information content (AvgIpc) is 1.96. The number of hydrogen-bond acceptors (Lipinski definition) is 1. The van der Waals surface area contributed by atoms with Crippen molar-refractivity contribution in [2.45, 2.75) is 51.9 Å². The van der Waals surface area contributed by atoms with Crippen LogP contribution in [0.2, 0.25) is 0 Å². The first-order valence-corrected chi connectivity index (χ1v) is 5.76. The van der Waals surface area contributed by atoms with Gasteiger partial charge in [-0.15, -0.1) is 0 Å². The van der Waals surface area contributed by atoms with Crippen LogP contribution in [0, 0.1) is 0 Å². The van der Waals surface area contributed by atoms with Gasteiger partial charge in [-0.3, -0.25) is 0 Å². The summed E-state index contributed by atoms with van der Waals surface area (Å²) >= 11 is 0.750. The van der Waals surface area contributed by atoms with E-state index < -0.39 is 0 Å². The Kier molecular flexibility index (Phi) is 9.30. The summed E-state index contributed by atoms with van der Waals surface area (Å²) < 4.78 is 0.473. The van der Waals surface area contributed by atoms with Gasteiger partial charge in [0, 0.05) is 0 Å². The van der Waals surface area contributed by atoms with E-state index in [9.17, 15) is 4.79 Å². The van der Waals surface area contributed by atoms with Crippen LogP contribution in [0.1, 0.15) is 51.9 Å². The molecule has 0 rings (SSSR count). The van der Waals surface area contributed by atoms with Crippen molar-refractivity contribution in [3.05, 3.63) is 0 Å². The molecule has 2 heteroatoms. The summed E-state index contributed by atoms with van der Waals surface area (Å²) in [6.07, 6.45) is 8.57. The van der Waals surface area contributed by atoms with Gasteiger partial charge in [-0.25, -0.2) is 0 Å². The van der Waals surface area contributed by atoms with E-state index >= 15 is 0 Å². The molecule has 0 unspecified atom stereocenters. The van der Waals surface area contributed by atoms with Crippen molar-refractivity contribution >= 4 is 31.0 Å². The van der Waals surface area contributed by atoms with Crippen LogP contribution in [-0.2, 0) is 4.79 Å². The second kappa shape index (κ2) is 8.76. The van der Waals surface area contributed by atoms with Crippen molar-refractivity contribution < 1.29 is 4.79 Å². The summed E-state index contributed by atoms with van der Waals surface area (Å²) in [7, 11) is 0. The second-order valence-corrected chi connectivity index (χ2v) is 4.34. The van der Waals surface area contributed by atoms with E-state index in [1.165, 1.54) is 32.1 Å². The van der Waals surface area contributed by atoms with E-state index in [1.54, 1.807) is 0 Å². The molecular formula is C9H17NaO. The SMILES string of the molecule is CCCCCCCC[C](=O)[Na]. The Morgan fingerprint density at radius 1 is 1.09 bits per heavy atom. The third kappa shape index (κ3) is 10.7. The van der Waals surface area contributed by atoms with Gasteiger partial charge in [0.25, 0.3) is 0 Å². The normalized spacial score (nSPS) is 10.1. The number of carbonyl (C=O) groups excluding carboxylic acids is 1. The Morgan fingerprint density at radius 3 is 2.18 bits per heavy atom. The van der Waals surface area contributed by atoms with Gasteiger partial charge in [0.2, 0.25) is 0 Å². The van der Waals surface area contributed by atoms with Crippen LogP contribution >= 0.6 is 0 Å². The Hall–Kier alpha value is 0.670. The first-order chi connectivity index (χ1) is 5.27. The van der Waals surface area contributed by atoms with Gasteiger partial charge in [0.05, 0.1) is 0 Å². The molecule has 0 fully saturated rings. The van der Waals surface area contributed by atoms with Gasteiger partial charge in [-0.2, -0.15) is 0 Å². The topological polar surface area (TPSA) is 17.1 Å². The molecule has 0 atom stereocenters. The first kappa shape index (κ1) is 11.7. The summed E-state index contributed by atoms with van der Waals surface area (Å²) in [5.74, 6) is 0. The van der Waals surface area contributed by atoms with Gasteiger partial charge in [-0.05, 0) is 0 Å². The maximum absolute atomic E-state index is 10.6. The summed E-state index contributed by atoms with van der Waals surface area (Å²) in [6, 6.07) is 0. The van der Waals surface area contributed by atoms with Crippen molar-refractivity contribution in [3.63, 3.8) is 0 Å². The van der Waals surface area contributed by atoms with Crippen molar-refractivity contribution in [1.82, 2.24) is 0 Å². The minimum atomic E-state index is 0.473. The van der Waals surface area contributed by atoms with Crippen molar-refractivity contribution in [2.75, 3.05) is 0 Å². The van der Waals surface area contributed by atoms with Gasteiger partial charge >= 0.3 is 87.6 Å².